The van der Waals surface area contributed by atoms with Crippen LogP contribution in [0, 0.1) is 6.92 Å². The Labute approximate surface area is 112 Å². The average molecular weight is 248 g/mol. The van der Waals surface area contributed by atoms with E-state index in [0.717, 1.165) is 19.4 Å². The van der Waals surface area contributed by atoms with Crippen LogP contribution in [0.15, 0.2) is 18.2 Å². The fraction of sp³-hybridized carbons (Fsp3) is 0.625. The first-order chi connectivity index (χ1) is 8.47. The molecule has 102 valence electrons. The number of nitrogens with two attached hydrogens (primary N) is 1. The van der Waals surface area contributed by atoms with E-state index < -0.39 is 0 Å². The molecule has 0 saturated carbocycles. The molecule has 1 atom stereocenters. The van der Waals surface area contributed by atoms with Gasteiger partial charge in [-0.15, -0.1) is 0 Å². The predicted molar refractivity (Wildman–Crippen MR) is 80.0 cm³/mol. The van der Waals surface area contributed by atoms with Crippen LogP contribution in [-0.4, -0.2) is 25.5 Å². The van der Waals surface area contributed by atoms with E-state index in [1.165, 1.54) is 16.7 Å². The Balaban J connectivity index is 3.05. The van der Waals surface area contributed by atoms with Gasteiger partial charge < -0.3 is 10.6 Å². The Hall–Kier alpha value is -0.860. The lowest BCUT2D eigenvalue weighted by Gasteiger charge is -2.27. The van der Waals surface area contributed by atoms with Gasteiger partial charge in [0, 0.05) is 6.04 Å². The van der Waals surface area contributed by atoms with Crippen LogP contribution >= 0.6 is 0 Å². The lowest BCUT2D eigenvalue weighted by molar-refractivity contribution is 0.279. The minimum absolute atomic E-state index is 0.479. The zero-order valence-electron chi connectivity index (χ0n) is 12.5. The summed E-state index contributed by atoms with van der Waals surface area (Å²) in [5.74, 6) is 0.585. The molecule has 2 nitrogen and oxygen atoms in total. The summed E-state index contributed by atoms with van der Waals surface area (Å²) in [5, 5.41) is 0. The molecule has 0 heterocycles. The molecule has 0 radical (unpaired) electrons. The monoisotopic (exact) mass is 248 g/mol. The largest absolute Gasteiger partial charge is 0.330 e. The summed E-state index contributed by atoms with van der Waals surface area (Å²) >= 11 is 0. The van der Waals surface area contributed by atoms with Gasteiger partial charge in [-0.2, -0.15) is 0 Å². The van der Waals surface area contributed by atoms with Crippen molar-refractivity contribution in [3.05, 3.63) is 34.9 Å². The van der Waals surface area contributed by atoms with Gasteiger partial charge in [0.05, 0.1) is 0 Å². The average Bonchev–Trinajstić information content (AvgIpc) is 2.31. The van der Waals surface area contributed by atoms with Crippen LogP contribution in [0.5, 0.6) is 0 Å². The van der Waals surface area contributed by atoms with Gasteiger partial charge in [0.1, 0.15) is 0 Å². The van der Waals surface area contributed by atoms with E-state index in [1.807, 2.05) is 0 Å². The number of benzene rings is 1. The first-order valence-electron chi connectivity index (χ1n) is 6.94. The third kappa shape index (κ3) is 3.82. The Kier molecular flexibility index (Phi) is 5.83. The molecule has 1 rings (SSSR count). The highest BCUT2D eigenvalue weighted by Crippen LogP contribution is 2.29. The molecule has 0 fully saturated rings. The second-order valence-corrected chi connectivity index (χ2v) is 5.68. The van der Waals surface area contributed by atoms with Gasteiger partial charge in [0.2, 0.25) is 0 Å². The molecule has 0 aliphatic heterocycles. The fourth-order valence-corrected chi connectivity index (χ4v) is 2.38. The molecule has 0 spiro atoms. The number of nitrogens with zero attached hydrogens (tertiary/aromatic N) is 1. The van der Waals surface area contributed by atoms with Crippen molar-refractivity contribution < 1.29 is 0 Å². The van der Waals surface area contributed by atoms with Crippen LogP contribution in [0.25, 0.3) is 0 Å². The summed E-state index contributed by atoms with van der Waals surface area (Å²) in [4.78, 5) is 2.31. The van der Waals surface area contributed by atoms with Gasteiger partial charge in [-0.25, -0.2) is 0 Å². The highest BCUT2D eigenvalue weighted by molar-refractivity contribution is 5.35. The summed E-state index contributed by atoms with van der Waals surface area (Å²) < 4.78 is 0. The molecule has 1 aromatic carbocycles. The SMILES string of the molecule is Cc1ccc(C(C)C)cc1C(CCCN)N(C)C. The second-order valence-electron chi connectivity index (χ2n) is 5.68. The Morgan fingerprint density at radius 1 is 1.22 bits per heavy atom. The van der Waals surface area contributed by atoms with Crippen molar-refractivity contribution in [1.82, 2.24) is 4.90 Å². The molecule has 0 aromatic heterocycles. The van der Waals surface area contributed by atoms with Crippen molar-refractivity contribution in [2.24, 2.45) is 5.73 Å². The van der Waals surface area contributed by atoms with Crippen LogP contribution in [0.1, 0.15) is 55.3 Å². The third-order valence-electron chi connectivity index (χ3n) is 3.63. The molecule has 18 heavy (non-hydrogen) atoms. The molecular formula is C16H28N2. The van der Waals surface area contributed by atoms with Crippen LogP contribution < -0.4 is 5.73 Å². The zero-order valence-corrected chi connectivity index (χ0v) is 12.5. The fourth-order valence-electron chi connectivity index (χ4n) is 2.38. The van der Waals surface area contributed by atoms with E-state index in [4.69, 9.17) is 5.73 Å². The van der Waals surface area contributed by atoms with Crippen molar-refractivity contribution >= 4 is 0 Å². The summed E-state index contributed by atoms with van der Waals surface area (Å²) in [5.41, 5.74) is 9.92. The van der Waals surface area contributed by atoms with Crippen LogP contribution in [0.2, 0.25) is 0 Å². The Morgan fingerprint density at radius 2 is 1.89 bits per heavy atom. The highest BCUT2D eigenvalue weighted by Gasteiger charge is 2.16. The highest BCUT2D eigenvalue weighted by atomic mass is 15.1. The maximum atomic E-state index is 5.65. The van der Waals surface area contributed by atoms with Crippen molar-refractivity contribution in [2.75, 3.05) is 20.6 Å². The molecule has 1 unspecified atom stereocenters. The first-order valence-corrected chi connectivity index (χ1v) is 6.94. The van der Waals surface area contributed by atoms with Gasteiger partial charge in [-0.1, -0.05) is 32.0 Å². The first kappa shape index (κ1) is 15.2. The van der Waals surface area contributed by atoms with Gasteiger partial charge in [0.15, 0.2) is 0 Å². The number of hydrogen-bond acceptors (Lipinski definition) is 2. The van der Waals surface area contributed by atoms with Gasteiger partial charge >= 0.3 is 0 Å². The lowest BCUT2D eigenvalue weighted by atomic mass is 9.91. The standard InChI is InChI=1S/C16H28N2/c1-12(2)14-9-8-13(3)15(11-14)16(18(4)5)7-6-10-17/h8-9,11-12,16H,6-7,10,17H2,1-5H3. The van der Waals surface area contributed by atoms with Gasteiger partial charge in [0.25, 0.3) is 0 Å². The maximum Gasteiger partial charge on any atom is 0.0345 e. The van der Waals surface area contributed by atoms with E-state index in [2.05, 4.69) is 58.0 Å². The smallest absolute Gasteiger partial charge is 0.0345 e. The number of hydrogen-bond donors (Lipinski definition) is 1. The minimum atomic E-state index is 0.479. The molecule has 0 saturated heterocycles. The maximum absolute atomic E-state index is 5.65. The zero-order chi connectivity index (χ0) is 13.7. The summed E-state index contributed by atoms with van der Waals surface area (Å²) in [6.07, 6.45) is 2.21. The molecule has 0 amide bonds. The third-order valence-corrected chi connectivity index (χ3v) is 3.63. The molecule has 1 aromatic rings. The van der Waals surface area contributed by atoms with Crippen molar-refractivity contribution in [2.45, 2.75) is 45.6 Å². The topological polar surface area (TPSA) is 29.3 Å². The predicted octanol–water partition coefficient (Wildman–Crippen LogP) is 3.46. The van der Waals surface area contributed by atoms with Crippen molar-refractivity contribution in [1.29, 1.82) is 0 Å². The van der Waals surface area contributed by atoms with Crippen LogP contribution in [-0.2, 0) is 0 Å². The Morgan fingerprint density at radius 3 is 2.39 bits per heavy atom. The van der Waals surface area contributed by atoms with E-state index >= 15 is 0 Å². The molecule has 2 N–H and O–H groups in total. The van der Waals surface area contributed by atoms with Crippen LogP contribution in [0.4, 0.5) is 0 Å². The molecular weight excluding hydrogens is 220 g/mol. The normalized spacial score (nSPS) is 13.3. The lowest BCUT2D eigenvalue weighted by Crippen LogP contribution is -2.22. The van der Waals surface area contributed by atoms with E-state index in [1.54, 1.807) is 0 Å². The molecule has 0 bridgehead atoms. The minimum Gasteiger partial charge on any atom is -0.330 e. The summed E-state index contributed by atoms with van der Waals surface area (Å²) in [6, 6.07) is 7.36. The van der Waals surface area contributed by atoms with Gasteiger partial charge in [-0.05, 0) is 63.0 Å². The van der Waals surface area contributed by atoms with Crippen molar-refractivity contribution in [3.8, 4) is 0 Å². The van der Waals surface area contributed by atoms with E-state index in [-0.39, 0.29) is 0 Å². The Bertz CT molecular complexity index is 369. The van der Waals surface area contributed by atoms with Crippen LogP contribution in [0.3, 0.4) is 0 Å². The molecule has 0 aliphatic rings. The number of rotatable bonds is 6. The van der Waals surface area contributed by atoms with E-state index in [9.17, 15) is 0 Å². The summed E-state index contributed by atoms with van der Waals surface area (Å²) in [7, 11) is 4.31. The molecule has 2 heteroatoms. The van der Waals surface area contributed by atoms with Gasteiger partial charge in [-0.3, -0.25) is 0 Å². The number of aryl methyl sites for hydroxylation is 1. The second kappa shape index (κ2) is 6.91. The molecule has 0 aliphatic carbocycles. The van der Waals surface area contributed by atoms with Crippen molar-refractivity contribution in [3.63, 3.8) is 0 Å². The summed E-state index contributed by atoms with van der Waals surface area (Å²) in [6.45, 7) is 7.48. The quantitative estimate of drug-likeness (QED) is 0.835. The van der Waals surface area contributed by atoms with E-state index in [0.29, 0.717) is 12.0 Å².